The van der Waals surface area contributed by atoms with E-state index in [4.69, 9.17) is 9.47 Å². The molecule has 39 heavy (non-hydrogen) atoms. The predicted octanol–water partition coefficient (Wildman–Crippen LogP) is 4.30. The number of hydrogen-bond acceptors (Lipinski definition) is 5. The minimum Gasteiger partial charge on any atom is -0.494 e. The van der Waals surface area contributed by atoms with Crippen molar-refractivity contribution in [2.75, 3.05) is 19.7 Å². The van der Waals surface area contributed by atoms with Crippen molar-refractivity contribution in [3.8, 4) is 17.2 Å². The third-order valence-corrected chi connectivity index (χ3v) is 7.76. The Kier molecular flexibility index (Phi) is 6.95. The molecule has 0 spiro atoms. The van der Waals surface area contributed by atoms with Crippen LogP contribution in [0.2, 0.25) is 0 Å². The number of benzene rings is 3. The Labute approximate surface area is 226 Å². The molecule has 3 aromatic carbocycles. The second kappa shape index (κ2) is 10.7. The van der Waals surface area contributed by atoms with Crippen molar-refractivity contribution in [2.24, 2.45) is 5.92 Å². The average molecular weight is 531 g/mol. The first-order valence-electron chi connectivity index (χ1n) is 13.5. The van der Waals surface area contributed by atoms with Crippen LogP contribution in [-0.4, -0.2) is 47.6 Å². The van der Waals surface area contributed by atoms with E-state index in [1.807, 2.05) is 41.3 Å². The molecule has 7 nitrogen and oxygen atoms in total. The lowest BCUT2D eigenvalue weighted by Gasteiger charge is -2.42. The number of nitrogens with zero attached hydrogens (tertiary/aromatic N) is 1. The molecule has 8 heteroatoms. The fraction of sp³-hybridized carbons (Fsp3) is 0.355. The molecule has 7 rings (SSSR count). The number of carbonyl (C=O) groups excluding carboxylic acids is 2. The Bertz CT molecular complexity index is 1400. The van der Waals surface area contributed by atoms with E-state index in [0.29, 0.717) is 62.4 Å². The molecule has 0 saturated heterocycles. The number of rotatable bonds is 1. The maximum absolute atomic E-state index is 14.7. The van der Waals surface area contributed by atoms with Crippen molar-refractivity contribution >= 4 is 11.8 Å². The number of amides is 2. The summed E-state index contributed by atoms with van der Waals surface area (Å²) in [5.41, 5.74) is 3.60. The summed E-state index contributed by atoms with van der Waals surface area (Å²) in [5, 5.41) is 12.7. The van der Waals surface area contributed by atoms with Crippen molar-refractivity contribution < 1.29 is 28.6 Å². The minimum atomic E-state index is -0.505. The normalized spacial score (nSPS) is 22.8. The van der Waals surface area contributed by atoms with E-state index in [-0.39, 0.29) is 35.9 Å². The van der Waals surface area contributed by atoms with Crippen LogP contribution in [0.3, 0.4) is 0 Å². The van der Waals surface area contributed by atoms with E-state index in [1.54, 1.807) is 18.2 Å². The zero-order chi connectivity index (χ0) is 26.9. The molecule has 1 aliphatic carbocycles. The highest BCUT2D eigenvalue weighted by Gasteiger charge is 2.40. The Morgan fingerprint density at radius 1 is 1.05 bits per heavy atom. The molecule has 2 N–H and O–H groups in total. The van der Waals surface area contributed by atoms with Crippen LogP contribution in [0.15, 0.2) is 60.7 Å². The summed E-state index contributed by atoms with van der Waals surface area (Å²) in [6.07, 6.45) is 1.94. The summed E-state index contributed by atoms with van der Waals surface area (Å²) in [4.78, 5) is 27.9. The molecule has 3 aliphatic heterocycles. The predicted molar refractivity (Wildman–Crippen MR) is 142 cm³/mol. The van der Waals surface area contributed by atoms with Crippen LogP contribution in [0.1, 0.15) is 47.6 Å². The van der Waals surface area contributed by atoms with Gasteiger partial charge in [0.1, 0.15) is 11.5 Å². The molecule has 4 aliphatic rings. The van der Waals surface area contributed by atoms with E-state index in [0.717, 1.165) is 16.7 Å². The van der Waals surface area contributed by atoms with Crippen molar-refractivity contribution in [1.82, 2.24) is 10.2 Å². The molecule has 3 aromatic rings. The Balaban J connectivity index is 1.39. The van der Waals surface area contributed by atoms with Crippen LogP contribution < -0.4 is 14.8 Å². The second-order valence-corrected chi connectivity index (χ2v) is 10.5. The molecule has 202 valence electrons. The highest BCUT2D eigenvalue weighted by molar-refractivity contribution is 5.81. The molecule has 2 amide bonds. The van der Waals surface area contributed by atoms with Gasteiger partial charge in [0, 0.05) is 19.0 Å². The van der Waals surface area contributed by atoms with Gasteiger partial charge in [-0.05, 0) is 84.3 Å². The van der Waals surface area contributed by atoms with Crippen molar-refractivity contribution in [1.29, 1.82) is 0 Å². The first-order chi connectivity index (χ1) is 18.9. The van der Waals surface area contributed by atoms with E-state index >= 15 is 0 Å². The van der Waals surface area contributed by atoms with E-state index in [1.165, 1.54) is 6.07 Å². The van der Waals surface area contributed by atoms with Gasteiger partial charge in [-0.3, -0.25) is 9.59 Å². The molecule has 1 fully saturated rings. The summed E-state index contributed by atoms with van der Waals surface area (Å²) in [6, 6.07) is 17.6. The zero-order valence-corrected chi connectivity index (χ0v) is 21.6. The topological polar surface area (TPSA) is 88.1 Å². The van der Waals surface area contributed by atoms with Gasteiger partial charge in [-0.25, -0.2) is 4.39 Å². The standard InChI is InChI=1S/C31H31FN2O5/c32-27-8-5-19-13-28(27)39-25-6-7-26-20(17-25)9-11-34(31(37)22-15-23(35)16-22)30(26)21-3-1-4-24(18-21)38-12-2-10-33-29(36)14-19/h1,3-8,13,17-18,22-23,30,35H,2,9-12,14-16H2,(H,33,36). The monoisotopic (exact) mass is 530 g/mol. The maximum atomic E-state index is 14.7. The van der Waals surface area contributed by atoms with Crippen molar-refractivity contribution in [3.63, 3.8) is 0 Å². The number of nitrogens with one attached hydrogen (secondary N) is 1. The smallest absolute Gasteiger partial charge is 0.226 e. The highest BCUT2D eigenvalue weighted by Crippen LogP contribution is 2.41. The average Bonchev–Trinajstić information content (AvgIpc) is 2.91. The first-order valence-corrected chi connectivity index (χ1v) is 13.5. The molecule has 3 heterocycles. The number of ether oxygens (including phenoxy) is 2. The lowest BCUT2D eigenvalue weighted by Crippen LogP contribution is -2.47. The van der Waals surface area contributed by atoms with Gasteiger partial charge in [0.25, 0.3) is 0 Å². The third kappa shape index (κ3) is 5.34. The van der Waals surface area contributed by atoms with E-state index in [9.17, 15) is 19.1 Å². The number of aliphatic hydroxyl groups is 1. The number of hydrogen-bond donors (Lipinski definition) is 2. The van der Waals surface area contributed by atoms with Crippen LogP contribution in [0.4, 0.5) is 4.39 Å². The maximum Gasteiger partial charge on any atom is 0.226 e. The molecule has 0 radical (unpaired) electrons. The molecule has 1 atom stereocenters. The third-order valence-electron chi connectivity index (χ3n) is 7.76. The van der Waals surface area contributed by atoms with E-state index < -0.39 is 11.9 Å². The van der Waals surface area contributed by atoms with Gasteiger partial charge in [0.15, 0.2) is 11.6 Å². The Morgan fingerprint density at radius 2 is 1.92 bits per heavy atom. The zero-order valence-electron chi connectivity index (χ0n) is 21.6. The minimum absolute atomic E-state index is 0.0515. The van der Waals surface area contributed by atoms with Crippen LogP contribution in [0.5, 0.6) is 17.2 Å². The van der Waals surface area contributed by atoms with Crippen LogP contribution in [0.25, 0.3) is 0 Å². The quantitative estimate of drug-likeness (QED) is 0.490. The summed E-state index contributed by atoms with van der Waals surface area (Å²) in [5.74, 6) is 0.464. The van der Waals surface area contributed by atoms with Crippen LogP contribution >= 0.6 is 0 Å². The van der Waals surface area contributed by atoms with Crippen LogP contribution in [0, 0.1) is 11.7 Å². The number of aliphatic hydroxyl groups excluding tert-OH is 1. The number of halogens is 1. The summed E-state index contributed by atoms with van der Waals surface area (Å²) >= 11 is 0. The SMILES string of the molecule is O=C1Cc2ccc(F)c(c2)Oc2ccc3c(c2)CCN(C(=O)C2CC(O)C2)C3c2cccc(c2)OCCCN1. The van der Waals surface area contributed by atoms with E-state index in [2.05, 4.69) is 5.32 Å². The Hall–Kier alpha value is -3.91. The lowest BCUT2D eigenvalue weighted by atomic mass is 9.79. The summed E-state index contributed by atoms with van der Waals surface area (Å²) in [6.45, 7) is 1.40. The number of carbonyl (C=O) groups is 2. The van der Waals surface area contributed by atoms with Gasteiger partial charge in [-0.1, -0.05) is 24.3 Å². The Morgan fingerprint density at radius 3 is 2.77 bits per heavy atom. The first kappa shape index (κ1) is 25.4. The van der Waals surface area contributed by atoms with Gasteiger partial charge < -0.3 is 24.8 Å². The molecule has 1 unspecified atom stereocenters. The van der Waals surface area contributed by atoms with Gasteiger partial charge in [-0.2, -0.15) is 0 Å². The largest absolute Gasteiger partial charge is 0.494 e. The molecule has 8 bridgehead atoms. The fourth-order valence-corrected chi connectivity index (χ4v) is 5.66. The van der Waals surface area contributed by atoms with Crippen molar-refractivity contribution in [3.05, 3.63) is 88.7 Å². The lowest BCUT2D eigenvalue weighted by molar-refractivity contribution is -0.144. The molecule has 0 aromatic heterocycles. The van der Waals surface area contributed by atoms with Gasteiger partial charge >= 0.3 is 0 Å². The van der Waals surface area contributed by atoms with Gasteiger partial charge in [0.2, 0.25) is 11.8 Å². The second-order valence-electron chi connectivity index (χ2n) is 10.5. The molecule has 1 saturated carbocycles. The molecular formula is C31H31FN2O5. The van der Waals surface area contributed by atoms with Crippen LogP contribution in [-0.2, 0) is 22.4 Å². The highest BCUT2D eigenvalue weighted by atomic mass is 19.1. The fourth-order valence-electron chi connectivity index (χ4n) is 5.66. The number of fused-ring (bicyclic) bond motifs is 7. The van der Waals surface area contributed by atoms with Gasteiger partial charge in [0.05, 0.1) is 25.2 Å². The van der Waals surface area contributed by atoms with Crippen molar-refractivity contribution in [2.45, 2.75) is 44.2 Å². The molecular weight excluding hydrogens is 499 g/mol. The summed E-state index contributed by atoms with van der Waals surface area (Å²) < 4.78 is 26.6. The summed E-state index contributed by atoms with van der Waals surface area (Å²) in [7, 11) is 0. The van der Waals surface area contributed by atoms with Gasteiger partial charge in [-0.15, -0.1) is 0 Å².